The second kappa shape index (κ2) is 11.1. The largest absolute Gasteiger partial charge is 0.490 e. The van der Waals surface area contributed by atoms with Gasteiger partial charge in [-0.25, -0.2) is 0 Å². The highest BCUT2D eigenvalue weighted by Crippen LogP contribution is 2.48. The third-order valence-corrected chi connectivity index (χ3v) is 8.80. The lowest BCUT2D eigenvalue weighted by molar-refractivity contribution is -0.185. The van der Waals surface area contributed by atoms with E-state index >= 15 is 0 Å². The van der Waals surface area contributed by atoms with Crippen molar-refractivity contribution < 1.29 is 41.0 Å². The van der Waals surface area contributed by atoms with Gasteiger partial charge in [0.2, 0.25) is 0 Å². The van der Waals surface area contributed by atoms with Gasteiger partial charge in [-0.2, -0.15) is 26.3 Å². The molecule has 2 saturated carbocycles. The highest BCUT2D eigenvalue weighted by molar-refractivity contribution is 5.89. The Morgan fingerprint density at radius 1 is 1.05 bits per heavy atom. The molecule has 40 heavy (non-hydrogen) atoms. The van der Waals surface area contributed by atoms with E-state index in [1.54, 1.807) is 18.2 Å². The van der Waals surface area contributed by atoms with Gasteiger partial charge in [0, 0.05) is 12.1 Å². The Morgan fingerprint density at radius 3 is 2.23 bits per heavy atom. The number of fused-ring (bicyclic) bond motifs is 1. The summed E-state index contributed by atoms with van der Waals surface area (Å²) in [5.74, 6) is -2.83. The number of rotatable bonds is 8. The van der Waals surface area contributed by atoms with Crippen LogP contribution in [0, 0.1) is 23.2 Å². The van der Waals surface area contributed by atoms with Crippen LogP contribution in [0.5, 0.6) is 5.75 Å². The molecule has 0 spiro atoms. The predicted molar refractivity (Wildman–Crippen MR) is 140 cm³/mol. The minimum absolute atomic E-state index is 0.0315. The second-order valence-electron chi connectivity index (χ2n) is 12.4. The van der Waals surface area contributed by atoms with Crippen molar-refractivity contribution in [2.45, 2.75) is 96.8 Å². The molecule has 0 aromatic heterocycles. The number of benzene rings is 2. The Balaban J connectivity index is 1.60. The first-order chi connectivity index (χ1) is 18.5. The number of hydrogen-bond donors (Lipinski definition) is 2. The molecule has 0 aliphatic heterocycles. The fourth-order valence-corrected chi connectivity index (χ4v) is 6.27. The molecule has 0 saturated heterocycles. The molecule has 2 fully saturated rings. The highest BCUT2D eigenvalue weighted by Gasteiger charge is 2.52. The smallest absolute Gasteiger partial charge is 0.420 e. The molecule has 4 nitrogen and oxygen atoms in total. The lowest BCUT2D eigenvalue weighted by Gasteiger charge is -2.51. The van der Waals surface area contributed by atoms with Crippen molar-refractivity contribution in [3.8, 4) is 5.75 Å². The summed E-state index contributed by atoms with van der Waals surface area (Å²) in [6.45, 7) is 7.92. The maximum atomic E-state index is 14.3. The van der Waals surface area contributed by atoms with E-state index in [2.05, 4.69) is 19.2 Å². The molecule has 0 amide bonds. The van der Waals surface area contributed by atoms with Crippen LogP contribution >= 0.6 is 0 Å². The number of carbonyl (C=O) groups is 1. The number of aliphatic carboxylic acids is 1. The fraction of sp³-hybridized carbons (Fsp3) is 0.633. The van der Waals surface area contributed by atoms with Crippen molar-refractivity contribution in [1.82, 2.24) is 5.32 Å². The van der Waals surface area contributed by atoms with E-state index in [9.17, 15) is 36.2 Å². The lowest BCUT2D eigenvalue weighted by Crippen LogP contribution is -2.59. The van der Waals surface area contributed by atoms with Gasteiger partial charge in [0.15, 0.2) is 0 Å². The molecule has 10 heteroatoms. The molecule has 4 rings (SSSR count). The number of halogens is 6. The van der Waals surface area contributed by atoms with Crippen molar-refractivity contribution in [3.63, 3.8) is 0 Å². The Morgan fingerprint density at radius 2 is 1.70 bits per heavy atom. The van der Waals surface area contributed by atoms with Crippen molar-refractivity contribution in [2.75, 3.05) is 0 Å². The van der Waals surface area contributed by atoms with Gasteiger partial charge >= 0.3 is 18.3 Å². The van der Waals surface area contributed by atoms with Crippen LogP contribution in [0.1, 0.15) is 83.4 Å². The monoisotopic (exact) mass is 573 g/mol. The zero-order chi connectivity index (χ0) is 29.6. The zero-order valence-corrected chi connectivity index (χ0v) is 23.1. The van der Waals surface area contributed by atoms with Gasteiger partial charge in [-0.05, 0) is 78.3 Å². The fourth-order valence-electron chi connectivity index (χ4n) is 6.27. The summed E-state index contributed by atoms with van der Waals surface area (Å²) >= 11 is 0. The zero-order valence-electron chi connectivity index (χ0n) is 23.1. The molecule has 2 N–H and O–H groups in total. The predicted octanol–water partition coefficient (Wildman–Crippen LogP) is 8.53. The first-order valence-corrected chi connectivity index (χ1v) is 13.8. The van der Waals surface area contributed by atoms with Crippen molar-refractivity contribution in [1.29, 1.82) is 0 Å². The van der Waals surface area contributed by atoms with Crippen LogP contribution in [0.25, 0.3) is 10.8 Å². The first kappa shape index (κ1) is 30.5. The summed E-state index contributed by atoms with van der Waals surface area (Å²) in [6, 6.07) is 7.41. The van der Waals surface area contributed by atoms with Crippen molar-refractivity contribution in [2.24, 2.45) is 23.2 Å². The average molecular weight is 574 g/mol. The summed E-state index contributed by atoms with van der Waals surface area (Å²) in [7, 11) is 0. The average Bonchev–Trinajstić information content (AvgIpc) is 2.83. The third kappa shape index (κ3) is 6.37. The molecule has 0 heterocycles. The summed E-state index contributed by atoms with van der Waals surface area (Å²) < 4.78 is 87.6. The molecule has 2 aliphatic carbocycles. The molecule has 2 aromatic rings. The first-order valence-electron chi connectivity index (χ1n) is 13.8. The highest BCUT2D eigenvalue weighted by atomic mass is 19.4. The summed E-state index contributed by atoms with van der Waals surface area (Å²) in [5, 5.41) is 13.4. The quantitative estimate of drug-likeness (QED) is 0.311. The molecule has 0 radical (unpaired) electrons. The van der Waals surface area contributed by atoms with Gasteiger partial charge in [0.05, 0.1) is 17.9 Å². The van der Waals surface area contributed by atoms with Gasteiger partial charge in [0.1, 0.15) is 11.3 Å². The number of carboxylic acid groups (broad SMARTS) is 1. The topological polar surface area (TPSA) is 58.6 Å². The molecule has 0 bridgehead atoms. The van der Waals surface area contributed by atoms with E-state index in [4.69, 9.17) is 4.74 Å². The maximum absolute atomic E-state index is 14.3. The summed E-state index contributed by atoms with van der Waals surface area (Å²) in [6.07, 6.45) is -8.80. The molecule has 3 atom stereocenters. The van der Waals surface area contributed by atoms with E-state index in [0.29, 0.717) is 18.2 Å². The standard InChI is InChI=1S/C30H37F6NO3/c1-16(2)13-23(37-25-15-22(27(38)39)28(25,3)4)18-5-11-21-17(14-18)6-12-24(26(21)30(34,35)36)40-20-9-7-19(8-10-20)29(31,32)33/h5-6,11-12,14,16,19-20,22-23,25,37H,7-10,13,15H2,1-4H3,(H,38,39). The molecular formula is C30H37F6NO3. The van der Waals surface area contributed by atoms with Gasteiger partial charge in [-0.1, -0.05) is 45.9 Å². The maximum Gasteiger partial charge on any atom is 0.420 e. The Hall–Kier alpha value is -2.49. The summed E-state index contributed by atoms with van der Waals surface area (Å²) in [4.78, 5) is 11.6. The van der Waals surface area contributed by atoms with Gasteiger partial charge in [-0.3, -0.25) is 4.79 Å². The normalized spacial score (nSPS) is 26.0. The van der Waals surface area contributed by atoms with E-state index in [1.165, 1.54) is 12.1 Å². The molecule has 3 unspecified atom stereocenters. The second-order valence-corrected chi connectivity index (χ2v) is 12.4. The van der Waals surface area contributed by atoms with Crippen LogP contribution in [-0.2, 0) is 11.0 Å². The third-order valence-electron chi connectivity index (χ3n) is 8.80. The molecule has 2 aromatic carbocycles. The van der Waals surface area contributed by atoms with Crippen LogP contribution in [0.2, 0.25) is 0 Å². The van der Waals surface area contributed by atoms with Crippen molar-refractivity contribution in [3.05, 3.63) is 41.5 Å². The van der Waals surface area contributed by atoms with Gasteiger partial charge in [0.25, 0.3) is 0 Å². The molecule has 222 valence electrons. The number of nitrogens with one attached hydrogen (secondary N) is 1. The van der Waals surface area contributed by atoms with E-state index in [0.717, 1.165) is 5.56 Å². The minimum Gasteiger partial charge on any atom is -0.490 e. The number of alkyl halides is 6. The Bertz CT molecular complexity index is 1210. The van der Waals surface area contributed by atoms with Crippen LogP contribution in [0.4, 0.5) is 26.3 Å². The van der Waals surface area contributed by atoms with E-state index < -0.39 is 47.2 Å². The molecular weight excluding hydrogens is 536 g/mol. The number of hydrogen-bond acceptors (Lipinski definition) is 3. The molecule has 2 aliphatic rings. The number of carboxylic acids is 1. The Kier molecular flexibility index (Phi) is 8.43. The van der Waals surface area contributed by atoms with Gasteiger partial charge in [-0.15, -0.1) is 0 Å². The van der Waals surface area contributed by atoms with Crippen LogP contribution in [-0.4, -0.2) is 29.4 Å². The van der Waals surface area contributed by atoms with Crippen LogP contribution in [0.3, 0.4) is 0 Å². The minimum atomic E-state index is -4.73. The SMILES string of the molecule is CC(C)CC(NC1CC(C(=O)O)C1(C)C)c1ccc2c(C(F)(F)F)c(OC3CCC(C(F)(F)F)CC3)ccc2c1. The Labute approximate surface area is 230 Å². The van der Waals surface area contributed by atoms with Gasteiger partial charge < -0.3 is 15.2 Å². The van der Waals surface area contributed by atoms with E-state index in [-0.39, 0.29) is 54.8 Å². The summed E-state index contributed by atoms with van der Waals surface area (Å²) in [5.41, 5.74) is -0.581. The van der Waals surface area contributed by atoms with Crippen LogP contribution < -0.4 is 10.1 Å². The number of ether oxygens (including phenoxy) is 1. The van der Waals surface area contributed by atoms with Crippen LogP contribution in [0.15, 0.2) is 30.3 Å². The van der Waals surface area contributed by atoms with Crippen molar-refractivity contribution >= 4 is 16.7 Å². The lowest BCUT2D eigenvalue weighted by atomic mass is 9.58. The van der Waals surface area contributed by atoms with E-state index in [1.807, 2.05) is 13.8 Å².